The lowest BCUT2D eigenvalue weighted by Crippen LogP contribution is -2.42. The Hall–Kier alpha value is -3.08. The van der Waals surface area contributed by atoms with E-state index in [4.69, 9.17) is 0 Å². The molecule has 0 aliphatic carbocycles. The molecule has 134 valence electrons. The summed E-state index contributed by atoms with van der Waals surface area (Å²) in [6.07, 6.45) is 2.02. The smallest absolute Gasteiger partial charge is 0.326 e. The molecule has 0 saturated heterocycles. The van der Waals surface area contributed by atoms with Crippen LogP contribution < -0.4 is 5.32 Å². The molecule has 1 heterocycles. The SMILES string of the molecule is Cc1cc(C)c(C(=O)NC(Cc2c[nH]c3ccccc23)C(=O)O)c(C)c1. The van der Waals surface area contributed by atoms with Gasteiger partial charge in [0.15, 0.2) is 0 Å². The zero-order chi connectivity index (χ0) is 18.8. The van der Waals surface area contributed by atoms with Gasteiger partial charge in [-0.2, -0.15) is 0 Å². The van der Waals surface area contributed by atoms with E-state index in [-0.39, 0.29) is 12.3 Å². The fraction of sp³-hybridized carbons (Fsp3) is 0.238. The van der Waals surface area contributed by atoms with E-state index in [0.717, 1.165) is 33.2 Å². The number of hydrogen-bond donors (Lipinski definition) is 3. The lowest BCUT2D eigenvalue weighted by atomic mass is 9.98. The molecule has 1 atom stereocenters. The van der Waals surface area contributed by atoms with Crippen LogP contribution in [0.2, 0.25) is 0 Å². The first-order valence-electron chi connectivity index (χ1n) is 8.53. The number of nitrogens with one attached hydrogen (secondary N) is 2. The van der Waals surface area contributed by atoms with Crippen molar-refractivity contribution in [1.29, 1.82) is 0 Å². The van der Waals surface area contributed by atoms with Crippen molar-refractivity contribution in [2.24, 2.45) is 0 Å². The number of amides is 1. The predicted molar refractivity (Wildman–Crippen MR) is 102 cm³/mol. The van der Waals surface area contributed by atoms with E-state index in [9.17, 15) is 14.7 Å². The minimum atomic E-state index is -1.05. The molecule has 0 fully saturated rings. The molecule has 0 radical (unpaired) electrons. The van der Waals surface area contributed by atoms with Crippen LogP contribution in [0.4, 0.5) is 0 Å². The highest BCUT2D eigenvalue weighted by atomic mass is 16.4. The summed E-state index contributed by atoms with van der Waals surface area (Å²) < 4.78 is 0. The summed E-state index contributed by atoms with van der Waals surface area (Å²) in [6, 6.07) is 10.6. The largest absolute Gasteiger partial charge is 0.480 e. The Kier molecular flexibility index (Phi) is 4.80. The molecule has 0 saturated carbocycles. The first kappa shape index (κ1) is 17.7. The fourth-order valence-electron chi connectivity index (χ4n) is 3.49. The number of carbonyl (C=O) groups is 2. The highest BCUT2D eigenvalue weighted by Gasteiger charge is 2.24. The first-order valence-corrected chi connectivity index (χ1v) is 8.53. The van der Waals surface area contributed by atoms with Crippen molar-refractivity contribution in [2.75, 3.05) is 0 Å². The van der Waals surface area contributed by atoms with Gasteiger partial charge in [0.05, 0.1) is 0 Å². The number of rotatable bonds is 5. The Labute approximate surface area is 152 Å². The van der Waals surface area contributed by atoms with Crippen molar-refractivity contribution in [3.8, 4) is 0 Å². The number of hydrogen-bond acceptors (Lipinski definition) is 2. The van der Waals surface area contributed by atoms with Gasteiger partial charge < -0.3 is 15.4 Å². The number of aromatic amines is 1. The third kappa shape index (κ3) is 3.47. The van der Waals surface area contributed by atoms with Crippen molar-refractivity contribution in [1.82, 2.24) is 10.3 Å². The molecule has 0 spiro atoms. The van der Waals surface area contributed by atoms with Crippen molar-refractivity contribution >= 4 is 22.8 Å². The third-order valence-electron chi connectivity index (χ3n) is 4.61. The molecule has 1 unspecified atom stereocenters. The number of para-hydroxylation sites is 1. The third-order valence-corrected chi connectivity index (χ3v) is 4.61. The first-order chi connectivity index (χ1) is 12.4. The summed E-state index contributed by atoms with van der Waals surface area (Å²) in [5.41, 5.74) is 5.12. The van der Waals surface area contributed by atoms with E-state index in [1.54, 1.807) is 6.20 Å². The second kappa shape index (κ2) is 7.04. The van der Waals surface area contributed by atoms with Gasteiger partial charge in [0, 0.05) is 29.1 Å². The van der Waals surface area contributed by atoms with Gasteiger partial charge in [0.1, 0.15) is 6.04 Å². The molecule has 0 bridgehead atoms. The molecule has 5 nitrogen and oxygen atoms in total. The van der Waals surface area contributed by atoms with E-state index >= 15 is 0 Å². The number of benzene rings is 2. The van der Waals surface area contributed by atoms with Crippen LogP contribution in [0.15, 0.2) is 42.6 Å². The predicted octanol–water partition coefficient (Wildman–Crippen LogP) is 3.52. The average Bonchev–Trinajstić information content (AvgIpc) is 2.96. The molecule has 26 heavy (non-hydrogen) atoms. The van der Waals surface area contributed by atoms with Crippen LogP contribution in [0, 0.1) is 20.8 Å². The van der Waals surface area contributed by atoms with Crippen LogP contribution in [0.1, 0.15) is 32.6 Å². The van der Waals surface area contributed by atoms with Gasteiger partial charge in [-0.25, -0.2) is 4.79 Å². The van der Waals surface area contributed by atoms with Crippen LogP contribution in [-0.4, -0.2) is 28.0 Å². The highest BCUT2D eigenvalue weighted by molar-refractivity contribution is 5.99. The Bertz CT molecular complexity index is 965. The standard InChI is InChI=1S/C21H22N2O3/c1-12-8-13(2)19(14(3)9-12)20(24)23-18(21(25)26)10-15-11-22-17-7-5-4-6-16(15)17/h4-9,11,18,22H,10H2,1-3H3,(H,23,24)(H,25,26). The molecule has 0 aliphatic rings. The van der Waals surface area contributed by atoms with E-state index in [1.807, 2.05) is 57.2 Å². The van der Waals surface area contributed by atoms with Crippen molar-refractivity contribution in [2.45, 2.75) is 33.2 Å². The zero-order valence-corrected chi connectivity index (χ0v) is 15.1. The van der Waals surface area contributed by atoms with Crippen molar-refractivity contribution in [3.05, 3.63) is 70.4 Å². The maximum Gasteiger partial charge on any atom is 0.326 e. The molecule has 3 rings (SSSR count). The zero-order valence-electron chi connectivity index (χ0n) is 15.1. The topological polar surface area (TPSA) is 82.2 Å². The molecular formula is C21H22N2O3. The highest BCUT2D eigenvalue weighted by Crippen LogP contribution is 2.20. The monoisotopic (exact) mass is 350 g/mol. The summed E-state index contributed by atoms with van der Waals surface area (Å²) in [6.45, 7) is 5.70. The normalized spacial score (nSPS) is 12.1. The molecule has 1 aromatic heterocycles. The van der Waals surface area contributed by atoms with E-state index < -0.39 is 12.0 Å². The Morgan fingerprint density at radius 3 is 2.42 bits per heavy atom. The van der Waals surface area contributed by atoms with Gasteiger partial charge >= 0.3 is 5.97 Å². The summed E-state index contributed by atoms with van der Waals surface area (Å²) in [4.78, 5) is 27.6. The Morgan fingerprint density at radius 2 is 1.77 bits per heavy atom. The van der Waals surface area contributed by atoms with Gasteiger partial charge in [0.25, 0.3) is 5.91 Å². The van der Waals surface area contributed by atoms with Gasteiger partial charge in [0.2, 0.25) is 0 Å². The molecule has 3 aromatic rings. The summed E-state index contributed by atoms with van der Waals surface area (Å²) >= 11 is 0. The van der Waals surface area contributed by atoms with Gasteiger partial charge in [-0.05, 0) is 43.5 Å². The Balaban J connectivity index is 1.85. The second-order valence-electron chi connectivity index (χ2n) is 6.70. The quantitative estimate of drug-likeness (QED) is 0.658. The number of aryl methyl sites for hydroxylation is 3. The van der Waals surface area contributed by atoms with Gasteiger partial charge in [-0.1, -0.05) is 35.9 Å². The summed E-state index contributed by atoms with van der Waals surface area (Å²) in [5.74, 6) is -1.40. The average molecular weight is 350 g/mol. The minimum Gasteiger partial charge on any atom is -0.480 e. The number of H-pyrrole nitrogens is 1. The van der Waals surface area contributed by atoms with Gasteiger partial charge in [-0.3, -0.25) is 4.79 Å². The number of fused-ring (bicyclic) bond motifs is 1. The van der Waals surface area contributed by atoms with Crippen LogP contribution in [-0.2, 0) is 11.2 Å². The minimum absolute atomic E-state index is 0.217. The maximum atomic E-state index is 12.7. The number of aliphatic carboxylic acids is 1. The number of carboxylic acids is 1. The second-order valence-corrected chi connectivity index (χ2v) is 6.70. The molecule has 3 N–H and O–H groups in total. The molecule has 5 heteroatoms. The lowest BCUT2D eigenvalue weighted by Gasteiger charge is -2.17. The molecular weight excluding hydrogens is 328 g/mol. The van der Waals surface area contributed by atoms with E-state index in [1.165, 1.54) is 0 Å². The van der Waals surface area contributed by atoms with Crippen molar-refractivity contribution < 1.29 is 14.7 Å². The van der Waals surface area contributed by atoms with E-state index in [0.29, 0.717) is 5.56 Å². The van der Waals surface area contributed by atoms with Crippen LogP contribution in [0.3, 0.4) is 0 Å². The van der Waals surface area contributed by atoms with Crippen LogP contribution in [0.5, 0.6) is 0 Å². The maximum absolute atomic E-state index is 12.7. The lowest BCUT2D eigenvalue weighted by molar-refractivity contribution is -0.139. The number of carboxylic acid groups (broad SMARTS) is 1. The van der Waals surface area contributed by atoms with Crippen molar-refractivity contribution in [3.63, 3.8) is 0 Å². The summed E-state index contributed by atoms with van der Waals surface area (Å²) in [7, 11) is 0. The fourth-order valence-corrected chi connectivity index (χ4v) is 3.49. The Morgan fingerprint density at radius 1 is 1.12 bits per heavy atom. The van der Waals surface area contributed by atoms with Crippen LogP contribution in [0.25, 0.3) is 10.9 Å². The number of carbonyl (C=O) groups excluding carboxylic acids is 1. The summed E-state index contributed by atoms with van der Waals surface area (Å²) in [5, 5.41) is 13.3. The van der Waals surface area contributed by atoms with Crippen LogP contribution >= 0.6 is 0 Å². The number of aromatic nitrogens is 1. The molecule has 0 aliphatic heterocycles. The van der Waals surface area contributed by atoms with Gasteiger partial charge in [-0.15, -0.1) is 0 Å². The molecule has 1 amide bonds. The molecule has 2 aromatic carbocycles. The van der Waals surface area contributed by atoms with E-state index in [2.05, 4.69) is 10.3 Å².